The first-order valence-electron chi connectivity index (χ1n) is 11.3. The summed E-state index contributed by atoms with van der Waals surface area (Å²) in [7, 11) is 0. The lowest BCUT2D eigenvalue weighted by Crippen LogP contribution is -2.53. The van der Waals surface area contributed by atoms with Crippen molar-refractivity contribution in [3.05, 3.63) is 83.7 Å². The fourth-order valence-corrected chi connectivity index (χ4v) is 4.55. The maximum Gasteiger partial charge on any atom is 0.407 e. The smallest absolute Gasteiger partial charge is 0.407 e. The van der Waals surface area contributed by atoms with Gasteiger partial charge >= 0.3 is 12.1 Å². The number of amides is 2. The molecule has 3 aromatic rings. The largest absolute Gasteiger partial charge is 0.480 e. The Morgan fingerprint density at radius 2 is 1.65 bits per heavy atom. The Balaban J connectivity index is 1.27. The number of benzene rings is 2. The van der Waals surface area contributed by atoms with E-state index in [1.165, 1.54) is 0 Å². The van der Waals surface area contributed by atoms with Gasteiger partial charge in [0.1, 0.15) is 18.2 Å². The summed E-state index contributed by atoms with van der Waals surface area (Å²) < 4.78 is 5.58. The number of aliphatic carboxylic acids is 1. The maximum atomic E-state index is 12.9. The molecule has 2 aliphatic rings. The first kappa shape index (κ1) is 21.8. The Kier molecular flexibility index (Phi) is 5.57. The van der Waals surface area contributed by atoms with Gasteiger partial charge in [-0.15, -0.1) is 0 Å². The van der Waals surface area contributed by atoms with Crippen molar-refractivity contribution in [1.29, 1.82) is 0 Å². The molecule has 1 unspecified atom stereocenters. The van der Waals surface area contributed by atoms with E-state index in [0.717, 1.165) is 27.9 Å². The Labute approximate surface area is 196 Å². The summed E-state index contributed by atoms with van der Waals surface area (Å²) in [5.41, 5.74) is 3.93. The molecule has 0 saturated heterocycles. The second-order valence-electron chi connectivity index (χ2n) is 8.80. The number of nitrogens with one attached hydrogen (secondary N) is 3. The van der Waals surface area contributed by atoms with Crippen molar-refractivity contribution in [3.63, 3.8) is 0 Å². The van der Waals surface area contributed by atoms with E-state index in [1.54, 1.807) is 18.3 Å². The van der Waals surface area contributed by atoms with Crippen molar-refractivity contribution in [2.75, 3.05) is 6.61 Å². The van der Waals surface area contributed by atoms with Gasteiger partial charge < -0.3 is 25.5 Å². The predicted molar refractivity (Wildman–Crippen MR) is 124 cm³/mol. The lowest BCUT2D eigenvalue weighted by atomic mass is 9.98. The van der Waals surface area contributed by atoms with Gasteiger partial charge in [0.15, 0.2) is 0 Å². The number of fused-ring (bicyclic) bond motifs is 3. The molecule has 174 valence electrons. The average Bonchev–Trinajstić information content (AvgIpc) is 3.31. The van der Waals surface area contributed by atoms with Gasteiger partial charge in [-0.1, -0.05) is 48.5 Å². The molecule has 2 amide bonds. The van der Waals surface area contributed by atoms with Gasteiger partial charge in [-0.3, -0.25) is 4.79 Å². The fraction of sp³-hybridized carbons (Fsp3) is 0.269. The number of ether oxygens (including phenoxy) is 1. The summed E-state index contributed by atoms with van der Waals surface area (Å²) in [6.45, 7) is 0.121. The standard InChI is InChI=1S/C26H25N3O5/c30-23(29-26(11-12-26)24(31)32)22(14-16-6-5-13-27-16)28-25(33)34-15-21-19-9-3-1-7-17(19)18-8-2-4-10-20(18)21/h1-10,13,21-22,27H,11-12,14-15H2,(H,28,33)(H,29,30)(H,31,32). The van der Waals surface area contributed by atoms with Crippen LogP contribution < -0.4 is 10.6 Å². The third-order valence-electron chi connectivity index (χ3n) is 6.56. The van der Waals surface area contributed by atoms with Crippen LogP contribution in [0.4, 0.5) is 4.79 Å². The van der Waals surface area contributed by atoms with Gasteiger partial charge in [0.25, 0.3) is 0 Å². The van der Waals surface area contributed by atoms with Crippen LogP contribution in [-0.2, 0) is 20.7 Å². The Morgan fingerprint density at radius 3 is 2.21 bits per heavy atom. The van der Waals surface area contributed by atoms with Crippen molar-refractivity contribution in [3.8, 4) is 11.1 Å². The van der Waals surface area contributed by atoms with Crippen LogP contribution in [0.1, 0.15) is 35.6 Å². The lowest BCUT2D eigenvalue weighted by Gasteiger charge is -2.21. The highest BCUT2D eigenvalue weighted by atomic mass is 16.5. The van der Waals surface area contributed by atoms with E-state index in [-0.39, 0.29) is 18.9 Å². The number of hydrogen-bond donors (Lipinski definition) is 4. The van der Waals surface area contributed by atoms with Crippen LogP contribution in [0.2, 0.25) is 0 Å². The van der Waals surface area contributed by atoms with Gasteiger partial charge in [-0.25, -0.2) is 9.59 Å². The van der Waals surface area contributed by atoms with Crippen molar-refractivity contribution < 1.29 is 24.2 Å². The Hall–Kier alpha value is -4.07. The van der Waals surface area contributed by atoms with Crippen molar-refractivity contribution >= 4 is 18.0 Å². The first-order chi connectivity index (χ1) is 16.5. The zero-order valence-electron chi connectivity index (χ0n) is 18.4. The molecular weight excluding hydrogens is 434 g/mol. The van der Waals surface area contributed by atoms with E-state index in [9.17, 15) is 19.5 Å². The molecule has 1 aromatic heterocycles. The van der Waals surface area contributed by atoms with Gasteiger partial charge in [0, 0.05) is 24.2 Å². The number of aromatic nitrogens is 1. The monoisotopic (exact) mass is 459 g/mol. The van der Waals surface area contributed by atoms with Crippen molar-refractivity contribution in [1.82, 2.24) is 15.6 Å². The number of carboxylic acid groups (broad SMARTS) is 1. The molecule has 1 fully saturated rings. The van der Waals surface area contributed by atoms with E-state index < -0.39 is 29.6 Å². The molecule has 5 rings (SSSR count). The first-order valence-corrected chi connectivity index (χ1v) is 11.3. The number of H-pyrrole nitrogens is 1. The van der Waals surface area contributed by atoms with E-state index >= 15 is 0 Å². The molecule has 2 aromatic carbocycles. The highest BCUT2D eigenvalue weighted by Gasteiger charge is 2.52. The molecule has 2 aliphatic carbocycles. The van der Waals surface area contributed by atoms with Crippen molar-refractivity contribution in [2.45, 2.75) is 36.8 Å². The molecule has 34 heavy (non-hydrogen) atoms. The number of rotatable bonds is 8. The van der Waals surface area contributed by atoms with E-state index in [4.69, 9.17) is 4.74 Å². The average molecular weight is 460 g/mol. The Bertz CT molecular complexity index is 1190. The van der Waals surface area contributed by atoms with Crippen LogP contribution in [-0.4, -0.2) is 46.2 Å². The minimum Gasteiger partial charge on any atom is -0.480 e. The summed E-state index contributed by atoms with van der Waals surface area (Å²) in [4.78, 5) is 40.1. The molecule has 4 N–H and O–H groups in total. The molecule has 8 nitrogen and oxygen atoms in total. The maximum absolute atomic E-state index is 12.9. The summed E-state index contributed by atoms with van der Waals surface area (Å²) in [5.74, 6) is -1.72. The molecule has 1 atom stereocenters. The highest BCUT2D eigenvalue weighted by molar-refractivity contribution is 5.93. The number of carbonyl (C=O) groups is 3. The molecule has 0 aliphatic heterocycles. The van der Waals surface area contributed by atoms with Crippen molar-refractivity contribution in [2.24, 2.45) is 0 Å². The van der Waals surface area contributed by atoms with Crippen LogP contribution in [0.15, 0.2) is 66.9 Å². The van der Waals surface area contributed by atoms with Gasteiger partial charge in [-0.2, -0.15) is 0 Å². The number of alkyl carbamates (subject to hydrolysis) is 1. The van der Waals surface area contributed by atoms with Crippen LogP contribution in [0.25, 0.3) is 11.1 Å². The normalized spacial score (nSPS) is 16.1. The molecule has 0 radical (unpaired) electrons. The van der Waals surface area contributed by atoms with Crippen LogP contribution in [0.3, 0.4) is 0 Å². The van der Waals surface area contributed by atoms with Crippen LogP contribution >= 0.6 is 0 Å². The summed E-state index contributed by atoms with van der Waals surface area (Å²) in [6.07, 6.45) is 1.91. The van der Waals surface area contributed by atoms with Crippen LogP contribution in [0.5, 0.6) is 0 Å². The zero-order valence-corrected chi connectivity index (χ0v) is 18.4. The summed E-state index contributed by atoms with van der Waals surface area (Å²) >= 11 is 0. The summed E-state index contributed by atoms with van der Waals surface area (Å²) in [6, 6.07) is 18.7. The Morgan fingerprint density at radius 1 is 1.00 bits per heavy atom. The number of hydrogen-bond acceptors (Lipinski definition) is 4. The topological polar surface area (TPSA) is 121 Å². The molecule has 1 heterocycles. The molecule has 0 bridgehead atoms. The molecular formula is C26H25N3O5. The number of carboxylic acids is 1. The van der Waals surface area contributed by atoms with Gasteiger partial charge in [-0.05, 0) is 47.2 Å². The number of carbonyl (C=O) groups excluding carboxylic acids is 2. The number of aromatic amines is 1. The fourth-order valence-electron chi connectivity index (χ4n) is 4.55. The summed E-state index contributed by atoms with van der Waals surface area (Å²) in [5, 5.41) is 14.6. The molecule has 0 spiro atoms. The predicted octanol–water partition coefficient (Wildman–Crippen LogP) is 3.20. The quantitative estimate of drug-likeness (QED) is 0.412. The lowest BCUT2D eigenvalue weighted by molar-refractivity contribution is -0.143. The third-order valence-corrected chi connectivity index (χ3v) is 6.56. The highest BCUT2D eigenvalue weighted by Crippen LogP contribution is 2.44. The SMILES string of the molecule is O=C(NC(Cc1ccc[nH]1)C(=O)NC1(C(=O)O)CC1)OCC1c2ccccc2-c2ccccc21. The minimum atomic E-state index is -1.24. The second kappa shape index (κ2) is 8.70. The van der Waals surface area contributed by atoms with Gasteiger partial charge in [0.2, 0.25) is 5.91 Å². The second-order valence-corrected chi connectivity index (χ2v) is 8.80. The van der Waals surface area contributed by atoms with Gasteiger partial charge in [0.05, 0.1) is 0 Å². The van der Waals surface area contributed by atoms with Crippen LogP contribution in [0, 0.1) is 0 Å². The van der Waals surface area contributed by atoms with E-state index in [0.29, 0.717) is 12.8 Å². The minimum absolute atomic E-state index is 0.101. The third kappa shape index (κ3) is 4.14. The van der Waals surface area contributed by atoms with E-state index in [1.807, 2.05) is 36.4 Å². The zero-order chi connectivity index (χ0) is 23.7. The van der Waals surface area contributed by atoms with E-state index in [2.05, 4.69) is 27.8 Å². The molecule has 1 saturated carbocycles. The molecule has 8 heteroatoms.